The van der Waals surface area contributed by atoms with Crippen LogP contribution in [0.25, 0.3) is 0 Å². The lowest BCUT2D eigenvalue weighted by Gasteiger charge is -2.39. The lowest BCUT2D eigenvalue weighted by atomic mass is 9.88. The Morgan fingerprint density at radius 3 is 2.76 bits per heavy atom. The number of Topliss-reactive ketones (excluding diaryl/α,β-unsaturated/α-hetero) is 1. The maximum atomic E-state index is 13.3. The molecule has 25 heavy (non-hydrogen) atoms. The van der Waals surface area contributed by atoms with Gasteiger partial charge in [-0.1, -0.05) is 29.8 Å². The third-order valence-electron chi connectivity index (χ3n) is 5.20. The highest BCUT2D eigenvalue weighted by atomic mass is 16.2. The minimum absolute atomic E-state index is 0.00839. The molecule has 4 rings (SSSR count). The minimum Gasteiger partial charge on any atom is -0.326 e. The van der Waals surface area contributed by atoms with Gasteiger partial charge < -0.3 is 10.2 Å². The van der Waals surface area contributed by atoms with Gasteiger partial charge in [0.15, 0.2) is 5.78 Å². The van der Waals surface area contributed by atoms with Crippen molar-refractivity contribution in [3.63, 3.8) is 0 Å². The molecule has 1 fully saturated rings. The molecule has 128 valence electrons. The summed E-state index contributed by atoms with van der Waals surface area (Å²) in [6.07, 6.45) is 4.07. The maximum Gasteiger partial charge on any atom is 0.231 e. The molecule has 2 unspecified atom stereocenters. The summed E-state index contributed by atoms with van der Waals surface area (Å²) >= 11 is 0. The van der Waals surface area contributed by atoms with E-state index < -0.39 is 6.04 Å². The summed E-state index contributed by atoms with van der Waals surface area (Å²) in [4.78, 5) is 32.0. The van der Waals surface area contributed by atoms with Gasteiger partial charge in [-0.3, -0.25) is 14.6 Å². The highest BCUT2D eigenvalue weighted by Gasteiger charge is 2.40. The van der Waals surface area contributed by atoms with Crippen LogP contribution in [0.3, 0.4) is 0 Å². The first-order valence-corrected chi connectivity index (χ1v) is 8.70. The number of aryl methyl sites for hydroxylation is 1. The Kier molecular flexibility index (Phi) is 4.09. The number of aromatic nitrogens is 1. The molecule has 0 aliphatic carbocycles. The number of hydrogen-bond donors (Lipinski definition) is 1. The van der Waals surface area contributed by atoms with Crippen molar-refractivity contribution in [2.24, 2.45) is 0 Å². The van der Waals surface area contributed by atoms with Crippen molar-refractivity contribution >= 4 is 11.7 Å². The average Bonchev–Trinajstić information content (AvgIpc) is 2.62. The van der Waals surface area contributed by atoms with E-state index >= 15 is 0 Å². The van der Waals surface area contributed by atoms with Crippen LogP contribution in [0.4, 0.5) is 0 Å². The molecular weight excluding hydrogens is 314 g/mol. The summed E-state index contributed by atoms with van der Waals surface area (Å²) in [5.74, 6) is -0.172. The SMILES string of the molecule is Cc1ccc(C2CCNCC3C(=O)c4ccncc4CN3C2=O)cc1. The van der Waals surface area contributed by atoms with Crippen LogP contribution in [0.2, 0.25) is 0 Å². The van der Waals surface area contributed by atoms with E-state index in [1.165, 1.54) is 5.56 Å². The zero-order chi connectivity index (χ0) is 17.4. The number of carbonyl (C=O) groups is 2. The van der Waals surface area contributed by atoms with E-state index in [0.29, 0.717) is 18.7 Å². The van der Waals surface area contributed by atoms with E-state index in [0.717, 1.165) is 24.1 Å². The van der Waals surface area contributed by atoms with Gasteiger partial charge in [0, 0.05) is 36.6 Å². The van der Waals surface area contributed by atoms with Gasteiger partial charge in [-0.05, 0) is 31.5 Å². The molecule has 2 aromatic rings. The minimum atomic E-state index is -0.435. The number of pyridine rings is 1. The van der Waals surface area contributed by atoms with Crippen molar-refractivity contribution in [1.29, 1.82) is 0 Å². The first kappa shape index (κ1) is 16.0. The maximum absolute atomic E-state index is 13.3. The highest BCUT2D eigenvalue weighted by Crippen LogP contribution is 2.30. The summed E-state index contributed by atoms with van der Waals surface area (Å²) in [7, 11) is 0. The van der Waals surface area contributed by atoms with Crippen LogP contribution < -0.4 is 5.32 Å². The largest absolute Gasteiger partial charge is 0.326 e. The van der Waals surface area contributed by atoms with Crippen molar-refractivity contribution < 1.29 is 9.59 Å². The molecular formula is C20H21N3O2. The molecule has 0 spiro atoms. The predicted molar refractivity (Wildman–Crippen MR) is 94.3 cm³/mol. The fourth-order valence-electron chi connectivity index (χ4n) is 3.76. The zero-order valence-corrected chi connectivity index (χ0v) is 14.2. The molecule has 1 N–H and O–H groups in total. The molecule has 1 amide bonds. The highest BCUT2D eigenvalue weighted by molar-refractivity contribution is 6.05. The predicted octanol–water partition coefficient (Wildman–Crippen LogP) is 2.06. The lowest BCUT2D eigenvalue weighted by molar-refractivity contribution is -0.136. The van der Waals surface area contributed by atoms with Crippen LogP contribution in [-0.4, -0.2) is 40.7 Å². The van der Waals surface area contributed by atoms with E-state index in [2.05, 4.69) is 10.3 Å². The van der Waals surface area contributed by atoms with E-state index in [1.54, 1.807) is 23.4 Å². The number of carbonyl (C=O) groups excluding carboxylic acids is 2. The van der Waals surface area contributed by atoms with Crippen molar-refractivity contribution in [3.8, 4) is 0 Å². The normalized spacial score (nSPS) is 23.5. The second kappa shape index (κ2) is 6.41. The summed E-state index contributed by atoms with van der Waals surface area (Å²) in [5.41, 5.74) is 3.72. The molecule has 5 nitrogen and oxygen atoms in total. The Morgan fingerprint density at radius 1 is 1.16 bits per heavy atom. The lowest BCUT2D eigenvalue weighted by Crippen LogP contribution is -2.55. The molecule has 3 heterocycles. The third-order valence-corrected chi connectivity index (χ3v) is 5.20. The topological polar surface area (TPSA) is 62.3 Å². The molecule has 1 aromatic carbocycles. The Balaban J connectivity index is 1.71. The standard InChI is InChI=1S/C20H21N3O2/c1-13-2-4-14(5-3-13)17-7-9-22-11-18-19(24)16-6-8-21-10-15(16)12-23(18)20(17)25/h2-6,8,10,17-18,22H,7,9,11-12H2,1H3. The van der Waals surface area contributed by atoms with Crippen molar-refractivity contribution in [3.05, 3.63) is 65.0 Å². The van der Waals surface area contributed by atoms with Gasteiger partial charge in [-0.2, -0.15) is 0 Å². The Morgan fingerprint density at radius 2 is 1.96 bits per heavy atom. The van der Waals surface area contributed by atoms with Gasteiger partial charge in [0.1, 0.15) is 6.04 Å². The van der Waals surface area contributed by atoms with E-state index in [1.807, 2.05) is 31.2 Å². The number of nitrogens with zero attached hydrogens (tertiary/aromatic N) is 2. The second-order valence-corrected chi connectivity index (χ2v) is 6.84. The molecule has 2 atom stereocenters. The fourth-order valence-corrected chi connectivity index (χ4v) is 3.76. The van der Waals surface area contributed by atoms with Gasteiger partial charge in [-0.15, -0.1) is 0 Å². The zero-order valence-electron chi connectivity index (χ0n) is 14.2. The summed E-state index contributed by atoms with van der Waals surface area (Å²) in [5, 5.41) is 3.35. The van der Waals surface area contributed by atoms with E-state index in [9.17, 15) is 9.59 Å². The number of ketones is 1. The second-order valence-electron chi connectivity index (χ2n) is 6.84. The van der Waals surface area contributed by atoms with Gasteiger partial charge in [0.05, 0.1) is 5.92 Å². The number of fused-ring (bicyclic) bond motifs is 2. The molecule has 0 radical (unpaired) electrons. The molecule has 2 aliphatic heterocycles. The van der Waals surface area contributed by atoms with Gasteiger partial charge in [0.25, 0.3) is 0 Å². The van der Waals surface area contributed by atoms with Crippen LogP contribution >= 0.6 is 0 Å². The molecule has 1 saturated heterocycles. The molecule has 5 heteroatoms. The monoisotopic (exact) mass is 335 g/mol. The molecule has 0 bridgehead atoms. The van der Waals surface area contributed by atoms with Crippen molar-refractivity contribution in [2.45, 2.75) is 31.8 Å². The van der Waals surface area contributed by atoms with Crippen LogP contribution in [0.5, 0.6) is 0 Å². The van der Waals surface area contributed by atoms with E-state index in [-0.39, 0.29) is 17.6 Å². The van der Waals surface area contributed by atoms with Crippen molar-refractivity contribution in [2.75, 3.05) is 13.1 Å². The Hall–Kier alpha value is -2.53. The smallest absolute Gasteiger partial charge is 0.231 e. The summed E-state index contributed by atoms with van der Waals surface area (Å²) in [6.45, 7) is 3.72. The average molecular weight is 335 g/mol. The molecule has 1 aromatic heterocycles. The Labute approximate surface area is 147 Å². The molecule has 2 aliphatic rings. The number of amides is 1. The third kappa shape index (κ3) is 2.85. The number of rotatable bonds is 1. The van der Waals surface area contributed by atoms with E-state index in [4.69, 9.17) is 0 Å². The van der Waals surface area contributed by atoms with Crippen LogP contribution in [0.15, 0.2) is 42.7 Å². The van der Waals surface area contributed by atoms with Crippen LogP contribution in [0.1, 0.15) is 39.4 Å². The number of hydrogen-bond acceptors (Lipinski definition) is 4. The first-order valence-electron chi connectivity index (χ1n) is 8.70. The van der Waals surface area contributed by atoms with Gasteiger partial charge in [0.2, 0.25) is 5.91 Å². The van der Waals surface area contributed by atoms with Crippen molar-refractivity contribution in [1.82, 2.24) is 15.2 Å². The first-order chi connectivity index (χ1) is 12.1. The summed E-state index contributed by atoms with van der Waals surface area (Å²) in [6, 6.07) is 9.44. The van der Waals surface area contributed by atoms with Crippen LogP contribution in [0, 0.1) is 6.92 Å². The van der Waals surface area contributed by atoms with Gasteiger partial charge in [-0.25, -0.2) is 0 Å². The quantitative estimate of drug-likeness (QED) is 0.866. The Bertz CT molecular complexity index is 816. The number of benzene rings is 1. The number of nitrogens with one attached hydrogen (secondary N) is 1. The van der Waals surface area contributed by atoms with Gasteiger partial charge >= 0.3 is 0 Å². The molecule has 0 saturated carbocycles. The van der Waals surface area contributed by atoms with Crippen LogP contribution in [-0.2, 0) is 11.3 Å². The fraction of sp³-hybridized carbons (Fsp3) is 0.350. The summed E-state index contributed by atoms with van der Waals surface area (Å²) < 4.78 is 0.